The summed E-state index contributed by atoms with van der Waals surface area (Å²) in [5.74, 6) is -1.97. The van der Waals surface area contributed by atoms with Gasteiger partial charge < -0.3 is 9.64 Å². The van der Waals surface area contributed by atoms with E-state index in [1.54, 1.807) is 6.92 Å². The Morgan fingerprint density at radius 2 is 1.90 bits per heavy atom. The normalized spacial score (nSPS) is 27.3. The smallest absolute Gasteiger partial charge is 0.361 e. The number of hydrogen-bond donors (Lipinski definition) is 2. The van der Waals surface area contributed by atoms with E-state index >= 15 is 0 Å². The molecule has 31 heavy (non-hydrogen) atoms. The largest absolute Gasteiger partial charge is 0.416 e. The average Bonchev–Trinajstić information content (AvgIpc) is 2.69. The second kappa shape index (κ2) is 6.90. The fraction of sp³-hybridized carbons (Fsp3) is 0.500. The molecule has 4 amide bonds. The number of amides is 4. The SMILES string of the molecule is CC[C@@H]1O[C@H](C(F)(F)F)CN2c3ccc([N+](=O)[O-])cc3CC3(C(=O)NC(=O)NC3=O)[C@@H]12. The van der Waals surface area contributed by atoms with Crippen LogP contribution in [-0.2, 0) is 20.7 Å². The first-order valence-electron chi connectivity index (χ1n) is 9.42. The van der Waals surface area contributed by atoms with Crippen LogP contribution in [0.4, 0.5) is 29.3 Å². The van der Waals surface area contributed by atoms with Gasteiger partial charge in [-0.1, -0.05) is 6.92 Å². The number of alkyl halides is 3. The molecule has 1 aromatic rings. The predicted octanol–water partition coefficient (Wildman–Crippen LogP) is 1.42. The number of rotatable bonds is 2. The Morgan fingerprint density at radius 3 is 2.45 bits per heavy atom. The van der Waals surface area contributed by atoms with Gasteiger partial charge in [0, 0.05) is 24.2 Å². The number of benzene rings is 1. The van der Waals surface area contributed by atoms with Gasteiger partial charge >= 0.3 is 12.2 Å². The minimum atomic E-state index is -4.71. The Kier molecular flexibility index (Phi) is 4.68. The molecule has 1 aromatic carbocycles. The van der Waals surface area contributed by atoms with E-state index in [4.69, 9.17) is 4.74 Å². The molecule has 3 aliphatic heterocycles. The van der Waals surface area contributed by atoms with E-state index in [0.29, 0.717) is 0 Å². The van der Waals surface area contributed by atoms with Gasteiger partial charge in [0.15, 0.2) is 11.5 Å². The van der Waals surface area contributed by atoms with E-state index in [0.717, 1.165) is 12.1 Å². The third kappa shape index (κ3) is 3.10. The van der Waals surface area contributed by atoms with E-state index in [-0.39, 0.29) is 29.8 Å². The van der Waals surface area contributed by atoms with E-state index in [2.05, 4.69) is 0 Å². The number of fused-ring (bicyclic) bond motifs is 4. The number of halogens is 3. The average molecular weight is 442 g/mol. The first-order chi connectivity index (χ1) is 14.5. The molecule has 3 atom stereocenters. The van der Waals surface area contributed by atoms with Crippen LogP contribution in [0.25, 0.3) is 0 Å². The maximum absolute atomic E-state index is 13.5. The fourth-order valence-corrected chi connectivity index (χ4v) is 4.66. The lowest BCUT2D eigenvalue weighted by Crippen LogP contribution is -2.76. The van der Waals surface area contributed by atoms with Crippen molar-refractivity contribution in [3.63, 3.8) is 0 Å². The zero-order valence-electron chi connectivity index (χ0n) is 16.1. The molecule has 2 saturated heterocycles. The molecule has 0 saturated carbocycles. The first kappa shape index (κ1) is 21.0. The summed E-state index contributed by atoms with van der Waals surface area (Å²) in [6, 6.07) is 1.39. The molecule has 0 aliphatic carbocycles. The molecule has 166 valence electrons. The molecule has 2 N–H and O–H groups in total. The van der Waals surface area contributed by atoms with Crippen molar-refractivity contribution in [1.29, 1.82) is 0 Å². The van der Waals surface area contributed by atoms with E-state index < -0.39 is 59.2 Å². The van der Waals surface area contributed by atoms with Gasteiger partial charge in [0.05, 0.1) is 23.6 Å². The Hall–Kier alpha value is -3.22. The van der Waals surface area contributed by atoms with Gasteiger partial charge in [0.1, 0.15) is 0 Å². The lowest BCUT2D eigenvalue weighted by molar-refractivity contribution is -0.384. The highest BCUT2D eigenvalue weighted by molar-refractivity contribution is 6.20. The number of barbiturate groups is 1. The number of nitrogens with one attached hydrogen (secondary N) is 2. The Morgan fingerprint density at radius 1 is 1.26 bits per heavy atom. The number of nitro groups is 1. The van der Waals surface area contributed by atoms with Gasteiger partial charge in [-0.05, 0) is 18.1 Å². The van der Waals surface area contributed by atoms with Crippen molar-refractivity contribution in [3.8, 4) is 0 Å². The van der Waals surface area contributed by atoms with Gasteiger partial charge in [-0.3, -0.25) is 30.3 Å². The van der Waals surface area contributed by atoms with Gasteiger partial charge in [-0.25, -0.2) is 4.79 Å². The molecular formula is C18H17F3N4O6. The lowest BCUT2D eigenvalue weighted by Gasteiger charge is -2.56. The lowest BCUT2D eigenvalue weighted by atomic mass is 9.66. The molecule has 3 aliphatic rings. The number of hydrogen-bond acceptors (Lipinski definition) is 7. The van der Waals surface area contributed by atoms with Gasteiger partial charge in [0.25, 0.3) is 5.69 Å². The standard InChI is InChI=1S/C18H17F3N4O6/c1-2-11-13-17(14(26)22-16(28)23-15(17)27)6-8-5-9(25(29)30)3-4-10(8)24(13)7-12(31-11)18(19,20)21/h3-5,11-13H,2,6-7H2,1H3,(H2,22,23,26,27,28)/t11-,12-,13+/m0/s1. The molecular weight excluding hydrogens is 425 g/mol. The number of imide groups is 2. The third-order valence-electron chi connectivity index (χ3n) is 5.98. The summed E-state index contributed by atoms with van der Waals surface area (Å²) in [4.78, 5) is 49.4. The van der Waals surface area contributed by atoms with Crippen molar-refractivity contribution in [2.24, 2.45) is 5.41 Å². The molecule has 4 rings (SSSR count). The first-order valence-corrected chi connectivity index (χ1v) is 9.42. The topological polar surface area (TPSA) is 131 Å². The van der Waals surface area contributed by atoms with Crippen molar-refractivity contribution in [1.82, 2.24) is 10.6 Å². The van der Waals surface area contributed by atoms with Crippen LogP contribution in [-0.4, -0.2) is 53.7 Å². The second-order valence-corrected chi connectivity index (χ2v) is 7.67. The quantitative estimate of drug-likeness (QED) is 0.402. The number of carbonyl (C=O) groups is 3. The summed E-state index contributed by atoms with van der Waals surface area (Å²) in [6.07, 6.45) is -8.37. The van der Waals surface area contributed by atoms with Gasteiger partial charge in [-0.15, -0.1) is 0 Å². The Balaban J connectivity index is 1.92. The zero-order chi connectivity index (χ0) is 22.7. The molecule has 0 aromatic heterocycles. The maximum atomic E-state index is 13.5. The highest BCUT2D eigenvalue weighted by Crippen LogP contribution is 2.49. The van der Waals surface area contributed by atoms with E-state index in [9.17, 15) is 37.7 Å². The Bertz CT molecular complexity index is 977. The summed E-state index contributed by atoms with van der Waals surface area (Å²) >= 11 is 0. The van der Waals surface area contributed by atoms with Crippen molar-refractivity contribution < 1.29 is 37.2 Å². The maximum Gasteiger partial charge on any atom is 0.416 e. The van der Waals surface area contributed by atoms with Crippen LogP contribution in [0.2, 0.25) is 0 Å². The molecule has 2 fully saturated rings. The Labute approximate surface area is 172 Å². The summed E-state index contributed by atoms with van der Waals surface area (Å²) in [7, 11) is 0. The summed E-state index contributed by atoms with van der Waals surface area (Å²) in [5, 5.41) is 15.2. The number of ether oxygens (including phenoxy) is 1. The molecule has 0 unspecified atom stereocenters. The van der Waals surface area contributed by atoms with Crippen LogP contribution in [0.15, 0.2) is 18.2 Å². The summed E-state index contributed by atoms with van der Waals surface area (Å²) < 4.78 is 45.9. The molecule has 0 radical (unpaired) electrons. The molecule has 13 heteroatoms. The molecule has 1 spiro atoms. The minimum Gasteiger partial charge on any atom is -0.361 e. The number of carbonyl (C=O) groups excluding carboxylic acids is 3. The van der Waals surface area contributed by atoms with E-state index in [1.165, 1.54) is 11.0 Å². The number of morpholine rings is 1. The fourth-order valence-electron chi connectivity index (χ4n) is 4.66. The van der Waals surface area contributed by atoms with Crippen LogP contribution in [0.5, 0.6) is 0 Å². The van der Waals surface area contributed by atoms with Gasteiger partial charge in [-0.2, -0.15) is 13.2 Å². The summed E-state index contributed by atoms with van der Waals surface area (Å²) in [5.41, 5.74) is -1.95. The van der Waals surface area contributed by atoms with Crippen molar-refractivity contribution in [3.05, 3.63) is 33.9 Å². The number of anilines is 1. The van der Waals surface area contributed by atoms with Gasteiger partial charge in [0.2, 0.25) is 11.8 Å². The predicted molar refractivity (Wildman–Crippen MR) is 97.1 cm³/mol. The minimum absolute atomic E-state index is 0.0479. The van der Waals surface area contributed by atoms with Crippen molar-refractivity contribution in [2.75, 3.05) is 11.4 Å². The summed E-state index contributed by atoms with van der Waals surface area (Å²) in [6.45, 7) is 0.843. The highest BCUT2D eigenvalue weighted by Gasteiger charge is 2.65. The van der Waals surface area contributed by atoms with Crippen molar-refractivity contribution >= 4 is 29.2 Å². The number of urea groups is 1. The van der Waals surface area contributed by atoms with Crippen LogP contribution in [0.1, 0.15) is 18.9 Å². The number of nitro benzene ring substituents is 1. The van der Waals surface area contributed by atoms with Crippen LogP contribution < -0.4 is 15.5 Å². The van der Waals surface area contributed by atoms with Crippen LogP contribution in [0.3, 0.4) is 0 Å². The number of non-ortho nitro benzene ring substituents is 1. The second-order valence-electron chi connectivity index (χ2n) is 7.67. The monoisotopic (exact) mass is 442 g/mol. The number of nitrogens with zero attached hydrogens (tertiary/aromatic N) is 2. The van der Waals surface area contributed by atoms with Crippen LogP contribution >= 0.6 is 0 Å². The van der Waals surface area contributed by atoms with Crippen LogP contribution in [0, 0.1) is 15.5 Å². The van der Waals surface area contributed by atoms with E-state index in [1.807, 2.05) is 10.6 Å². The zero-order valence-corrected chi connectivity index (χ0v) is 16.1. The molecule has 0 bridgehead atoms. The third-order valence-corrected chi connectivity index (χ3v) is 5.98. The highest BCUT2D eigenvalue weighted by atomic mass is 19.4. The molecule has 3 heterocycles. The molecule has 10 nitrogen and oxygen atoms in total. The van der Waals surface area contributed by atoms with Crippen molar-refractivity contribution in [2.45, 2.75) is 44.2 Å².